The quantitative estimate of drug-likeness (QED) is 0.441. The van der Waals surface area contributed by atoms with Crippen LogP contribution in [0.5, 0.6) is 23.0 Å². The Balaban J connectivity index is 2.01. The van der Waals surface area contributed by atoms with Gasteiger partial charge in [0.1, 0.15) is 28.6 Å². The molecule has 0 fully saturated rings. The van der Waals surface area contributed by atoms with E-state index in [-0.39, 0.29) is 40.5 Å². The van der Waals surface area contributed by atoms with Gasteiger partial charge < -0.3 is 20.1 Å². The molecule has 0 aromatic heterocycles. The number of hydrogen-bond acceptors (Lipinski definition) is 5. The fourth-order valence-corrected chi connectivity index (χ4v) is 2.92. The lowest BCUT2D eigenvalue weighted by molar-refractivity contribution is 0.104. The molecule has 0 bridgehead atoms. The van der Waals surface area contributed by atoms with Crippen molar-refractivity contribution < 1.29 is 24.9 Å². The molecule has 5 heteroatoms. The van der Waals surface area contributed by atoms with E-state index < -0.39 is 5.78 Å². The molecule has 0 aliphatic rings. The van der Waals surface area contributed by atoms with E-state index >= 15 is 0 Å². The zero-order valence-corrected chi connectivity index (χ0v) is 15.3. The van der Waals surface area contributed by atoms with Gasteiger partial charge in [-0.2, -0.15) is 0 Å². The Bertz CT molecular complexity index is 1020. The second-order valence-electron chi connectivity index (χ2n) is 6.21. The van der Waals surface area contributed by atoms with E-state index in [0.717, 1.165) is 5.56 Å². The highest BCUT2D eigenvalue weighted by molar-refractivity contribution is 6.11. The molecule has 0 saturated carbocycles. The summed E-state index contributed by atoms with van der Waals surface area (Å²) < 4.78 is 5.19. The largest absolute Gasteiger partial charge is 0.508 e. The maximum Gasteiger partial charge on any atom is 0.193 e. The van der Waals surface area contributed by atoms with Crippen LogP contribution in [0.25, 0.3) is 6.08 Å². The fourth-order valence-electron chi connectivity index (χ4n) is 2.92. The number of benzene rings is 3. The van der Waals surface area contributed by atoms with E-state index in [4.69, 9.17) is 4.74 Å². The lowest BCUT2D eigenvalue weighted by atomic mass is 9.96. The smallest absolute Gasteiger partial charge is 0.193 e. The van der Waals surface area contributed by atoms with Crippen molar-refractivity contribution >= 4 is 11.9 Å². The molecular formula is C23H20O5. The summed E-state index contributed by atoms with van der Waals surface area (Å²) in [6.07, 6.45) is 3.03. The van der Waals surface area contributed by atoms with E-state index in [2.05, 4.69) is 0 Å². The third kappa shape index (κ3) is 3.99. The van der Waals surface area contributed by atoms with Crippen LogP contribution in [0.2, 0.25) is 0 Å². The third-order valence-electron chi connectivity index (χ3n) is 4.40. The fraction of sp³-hybridized carbons (Fsp3) is 0.0870. The number of hydrogen-bond donors (Lipinski definition) is 3. The maximum absolute atomic E-state index is 12.7. The summed E-state index contributed by atoms with van der Waals surface area (Å²) in [4.78, 5) is 12.7. The van der Waals surface area contributed by atoms with Crippen LogP contribution in [-0.4, -0.2) is 28.2 Å². The van der Waals surface area contributed by atoms with Gasteiger partial charge in [-0.3, -0.25) is 4.79 Å². The number of phenolic OH excluding ortho intramolecular Hbond substituents is 3. The zero-order valence-electron chi connectivity index (χ0n) is 15.3. The van der Waals surface area contributed by atoms with Crippen molar-refractivity contribution in [1.82, 2.24) is 0 Å². The summed E-state index contributed by atoms with van der Waals surface area (Å²) in [7, 11) is 1.36. The molecule has 0 amide bonds. The average molecular weight is 376 g/mol. The Hall–Kier alpha value is -3.73. The van der Waals surface area contributed by atoms with Crippen molar-refractivity contribution in [3.05, 3.63) is 89.0 Å². The Morgan fingerprint density at radius 1 is 0.964 bits per heavy atom. The van der Waals surface area contributed by atoms with Gasteiger partial charge in [-0.05, 0) is 23.3 Å². The average Bonchev–Trinajstić information content (AvgIpc) is 2.71. The van der Waals surface area contributed by atoms with Gasteiger partial charge in [0, 0.05) is 18.1 Å². The zero-order chi connectivity index (χ0) is 20.1. The highest BCUT2D eigenvalue weighted by Crippen LogP contribution is 2.40. The monoisotopic (exact) mass is 376 g/mol. The van der Waals surface area contributed by atoms with Crippen LogP contribution in [0.15, 0.2) is 66.7 Å². The third-order valence-corrected chi connectivity index (χ3v) is 4.40. The molecule has 0 aliphatic heterocycles. The lowest BCUT2D eigenvalue weighted by Crippen LogP contribution is -2.03. The summed E-state index contributed by atoms with van der Waals surface area (Å²) in [5.41, 5.74) is 1.44. The molecule has 5 nitrogen and oxygen atoms in total. The Labute approximate surface area is 162 Å². The van der Waals surface area contributed by atoms with Gasteiger partial charge in [-0.25, -0.2) is 0 Å². The Morgan fingerprint density at radius 3 is 2.32 bits per heavy atom. The van der Waals surface area contributed by atoms with Gasteiger partial charge in [0.05, 0.1) is 7.11 Å². The van der Waals surface area contributed by atoms with Gasteiger partial charge >= 0.3 is 0 Å². The van der Waals surface area contributed by atoms with Gasteiger partial charge in [-0.1, -0.05) is 54.6 Å². The molecule has 0 unspecified atom stereocenters. The molecule has 0 saturated heterocycles. The molecule has 0 spiro atoms. The number of carbonyl (C=O) groups excluding carboxylic acids is 1. The first-order chi connectivity index (χ1) is 13.5. The first-order valence-corrected chi connectivity index (χ1v) is 8.67. The molecule has 0 radical (unpaired) electrons. The van der Waals surface area contributed by atoms with Gasteiger partial charge in [0.15, 0.2) is 5.78 Å². The number of ketones is 1. The van der Waals surface area contributed by atoms with Crippen LogP contribution >= 0.6 is 0 Å². The molecule has 0 heterocycles. The molecule has 0 aliphatic carbocycles. The van der Waals surface area contributed by atoms with Crippen molar-refractivity contribution in [3.63, 3.8) is 0 Å². The molecular weight excluding hydrogens is 356 g/mol. The summed E-state index contributed by atoms with van der Waals surface area (Å²) in [5.74, 6) is -0.951. The SMILES string of the molecule is COc1cc(O)c(Cc2ccccc2O)c(O)c1C(=O)C=Cc1ccccc1. The number of carbonyl (C=O) groups is 1. The topological polar surface area (TPSA) is 87.0 Å². The number of methoxy groups -OCH3 is 1. The van der Waals surface area contributed by atoms with Crippen molar-refractivity contribution in [2.24, 2.45) is 0 Å². The normalized spacial score (nSPS) is 10.9. The van der Waals surface area contributed by atoms with Crippen molar-refractivity contribution in [2.75, 3.05) is 7.11 Å². The minimum atomic E-state index is -0.461. The number of phenols is 3. The second-order valence-corrected chi connectivity index (χ2v) is 6.21. The molecule has 3 aromatic rings. The lowest BCUT2D eigenvalue weighted by Gasteiger charge is -2.15. The second kappa shape index (κ2) is 8.31. The van der Waals surface area contributed by atoms with E-state index in [9.17, 15) is 20.1 Å². The molecule has 28 heavy (non-hydrogen) atoms. The molecule has 3 rings (SSSR count). The summed E-state index contributed by atoms with van der Waals surface area (Å²) in [6, 6.07) is 17.2. The van der Waals surface area contributed by atoms with E-state index in [1.165, 1.54) is 25.3 Å². The van der Waals surface area contributed by atoms with Crippen molar-refractivity contribution in [3.8, 4) is 23.0 Å². The minimum Gasteiger partial charge on any atom is -0.508 e. The van der Waals surface area contributed by atoms with Crippen LogP contribution in [0.3, 0.4) is 0 Å². The predicted octanol–water partition coefficient (Wildman–Crippen LogP) is 4.30. The molecule has 0 atom stereocenters. The Morgan fingerprint density at radius 2 is 1.64 bits per heavy atom. The molecule has 3 aromatic carbocycles. The highest BCUT2D eigenvalue weighted by Gasteiger charge is 2.23. The number of para-hydroxylation sites is 1. The van der Waals surface area contributed by atoms with Crippen LogP contribution < -0.4 is 4.74 Å². The number of ether oxygens (including phenoxy) is 1. The van der Waals surface area contributed by atoms with Crippen LogP contribution in [-0.2, 0) is 6.42 Å². The minimum absolute atomic E-state index is 0.0361. The number of allylic oxidation sites excluding steroid dienone is 1. The predicted molar refractivity (Wildman–Crippen MR) is 107 cm³/mol. The number of rotatable bonds is 6. The van der Waals surface area contributed by atoms with E-state index in [1.54, 1.807) is 24.3 Å². The Kier molecular flexibility index (Phi) is 5.65. The summed E-state index contributed by atoms with van der Waals surface area (Å²) >= 11 is 0. The van der Waals surface area contributed by atoms with Gasteiger partial charge in [-0.15, -0.1) is 0 Å². The first-order valence-electron chi connectivity index (χ1n) is 8.67. The van der Waals surface area contributed by atoms with E-state index in [1.807, 2.05) is 30.3 Å². The van der Waals surface area contributed by atoms with Crippen LogP contribution in [0, 0.1) is 0 Å². The number of aromatic hydroxyl groups is 3. The standard InChI is InChI=1S/C23H20O5/c1-28-21-14-20(26)17(13-16-9-5-6-10-18(16)24)23(27)22(21)19(25)12-11-15-7-3-2-4-8-15/h2-12,14,24,26-27H,13H2,1H3. The van der Waals surface area contributed by atoms with Gasteiger partial charge in [0.2, 0.25) is 0 Å². The van der Waals surface area contributed by atoms with Crippen molar-refractivity contribution in [1.29, 1.82) is 0 Å². The highest BCUT2D eigenvalue weighted by atomic mass is 16.5. The maximum atomic E-state index is 12.7. The van der Waals surface area contributed by atoms with Gasteiger partial charge in [0.25, 0.3) is 0 Å². The summed E-state index contributed by atoms with van der Waals surface area (Å²) in [6.45, 7) is 0. The first kappa shape index (κ1) is 19.0. The molecule has 142 valence electrons. The molecule has 3 N–H and O–H groups in total. The van der Waals surface area contributed by atoms with Crippen LogP contribution in [0.4, 0.5) is 0 Å². The van der Waals surface area contributed by atoms with Crippen molar-refractivity contribution in [2.45, 2.75) is 6.42 Å². The summed E-state index contributed by atoms with van der Waals surface area (Å²) in [5, 5.41) is 31.0. The van der Waals surface area contributed by atoms with E-state index in [0.29, 0.717) is 5.56 Å². The van der Waals surface area contributed by atoms with Crippen LogP contribution in [0.1, 0.15) is 27.0 Å².